The highest BCUT2D eigenvalue weighted by Gasteiger charge is 2.22. The third-order valence-corrected chi connectivity index (χ3v) is 5.05. The highest BCUT2D eigenvalue weighted by atomic mass is 35.5. The Kier molecular flexibility index (Phi) is 6.47. The van der Waals surface area contributed by atoms with Crippen molar-refractivity contribution >= 4 is 17.7 Å². The zero-order valence-electron chi connectivity index (χ0n) is 16.4. The molecule has 0 saturated carbocycles. The molecule has 0 spiro atoms. The number of carbonyl (C=O) groups excluding carboxylic acids is 1. The van der Waals surface area contributed by atoms with Crippen molar-refractivity contribution in [2.24, 2.45) is 0 Å². The lowest BCUT2D eigenvalue weighted by Crippen LogP contribution is -2.49. The molecule has 0 aliphatic carbocycles. The second-order valence-electron chi connectivity index (χ2n) is 7.00. The summed E-state index contributed by atoms with van der Waals surface area (Å²) in [5.41, 5.74) is 1.28. The van der Waals surface area contributed by atoms with Crippen molar-refractivity contribution in [2.75, 3.05) is 26.2 Å². The summed E-state index contributed by atoms with van der Waals surface area (Å²) in [4.78, 5) is 20.6. The van der Waals surface area contributed by atoms with Crippen LogP contribution >= 0.6 is 11.6 Å². The SMILES string of the molecule is O=C(Oc1ccc(Oc2ccc(Cl)cn2)cc1)N1CCN(Cc2ccccc2)CC1. The second-order valence-corrected chi connectivity index (χ2v) is 7.44. The summed E-state index contributed by atoms with van der Waals surface area (Å²) in [7, 11) is 0. The Balaban J connectivity index is 1.25. The first-order chi connectivity index (χ1) is 14.7. The number of amides is 1. The fraction of sp³-hybridized carbons (Fsp3) is 0.217. The molecule has 3 aromatic rings. The van der Waals surface area contributed by atoms with Crippen LogP contribution in [0.2, 0.25) is 5.02 Å². The van der Waals surface area contributed by atoms with Crippen LogP contribution < -0.4 is 9.47 Å². The number of ether oxygens (including phenoxy) is 2. The molecular weight excluding hydrogens is 402 g/mol. The van der Waals surface area contributed by atoms with Crippen LogP contribution in [0.1, 0.15) is 5.56 Å². The molecule has 4 rings (SSSR count). The average molecular weight is 424 g/mol. The first kappa shape index (κ1) is 20.2. The molecule has 1 fully saturated rings. The standard InChI is InChI=1S/C23H22ClN3O3/c24-19-6-11-22(25-16-19)29-20-7-9-21(10-8-20)30-23(28)27-14-12-26(13-15-27)17-18-4-2-1-3-5-18/h1-11,16H,12-15,17H2. The maximum Gasteiger partial charge on any atom is 0.415 e. The summed E-state index contributed by atoms with van der Waals surface area (Å²) in [6.45, 7) is 3.84. The molecule has 1 aromatic heterocycles. The number of piperazine rings is 1. The molecule has 1 aliphatic heterocycles. The van der Waals surface area contributed by atoms with Gasteiger partial charge in [0.05, 0.1) is 5.02 Å². The molecule has 0 atom stereocenters. The monoisotopic (exact) mass is 423 g/mol. The average Bonchev–Trinajstić information content (AvgIpc) is 2.78. The van der Waals surface area contributed by atoms with Gasteiger partial charge >= 0.3 is 6.09 Å². The van der Waals surface area contributed by atoms with E-state index in [0.29, 0.717) is 35.5 Å². The van der Waals surface area contributed by atoms with Gasteiger partial charge in [0.2, 0.25) is 5.88 Å². The van der Waals surface area contributed by atoms with Crippen molar-refractivity contribution in [1.82, 2.24) is 14.8 Å². The van der Waals surface area contributed by atoms with Crippen molar-refractivity contribution in [3.8, 4) is 17.4 Å². The van der Waals surface area contributed by atoms with Crippen LogP contribution in [0.25, 0.3) is 0 Å². The summed E-state index contributed by atoms with van der Waals surface area (Å²) in [6.07, 6.45) is 1.19. The van der Waals surface area contributed by atoms with Gasteiger partial charge in [-0.15, -0.1) is 0 Å². The van der Waals surface area contributed by atoms with Gasteiger partial charge in [0.1, 0.15) is 11.5 Å². The number of carbonyl (C=O) groups is 1. The fourth-order valence-corrected chi connectivity index (χ4v) is 3.33. The molecule has 154 valence electrons. The summed E-state index contributed by atoms with van der Waals surface area (Å²) >= 11 is 5.82. The minimum absolute atomic E-state index is 0.331. The van der Waals surface area contributed by atoms with Gasteiger partial charge in [0.25, 0.3) is 0 Å². The predicted molar refractivity (Wildman–Crippen MR) is 115 cm³/mol. The maximum atomic E-state index is 12.5. The van der Waals surface area contributed by atoms with E-state index in [1.807, 2.05) is 18.2 Å². The number of rotatable bonds is 5. The Bertz CT molecular complexity index is 957. The highest BCUT2D eigenvalue weighted by Crippen LogP contribution is 2.23. The number of halogens is 1. The van der Waals surface area contributed by atoms with Gasteiger partial charge in [0, 0.05) is 45.0 Å². The quantitative estimate of drug-likeness (QED) is 0.587. The number of hydrogen-bond acceptors (Lipinski definition) is 5. The van der Waals surface area contributed by atoms with Crippen molar-refractivity contribution in [3.05, 3.63) is 83.5 Å². The minimum atomic E-state index is -0.331. The van der Waals surface area contributed by atoms with Crippen LogP contribution in [-0.4, -0.2) is 47.1 Å². The van der Waals surface area contributed by atoms with Gasteiger partial charge in [-0.05, 0) is 35.9 Å². The van der Waals surface area contributed by atoms with Gasteiger partial charge in [-0.25, -0.2) is 9.78 Å². The van der Waals surface area contributed by atoms with E-state index in [9.17, 15) is 4.79 Å². The zero-order valence-corrected chi connectivity index (χ0v) is 17.2. The van der Waals surface area contributed by atoms with Gasteiger partial charge in [0.15, 0.2) is 0 Å². The summed E-state index contributed by atoms with van der Waals surface area (Å²) < 4.78 is 11.2. The van der Waals surface area contributed by atoms with Crippen molar-refractivity contribution in [2.45, 2.75) is 6.54 Å². The molecule has 1 amide bonds. The molecule has 1 aliphatic rings. The van der Waals surface area contributed by atoms with E-state index in [4.69, 9.17) is 21.1 Å². The second kappa shape index (κ2) is 9.61. The zero-order chi connectivity index (χ0) is 20.8. The predicted octanol–water partition coefficient (Wildman–Crippen LogP) is 4.84. The Morgan fingerprint density at radius 1 is 0.900 bits per heavy atom. The third kappa shape index (κ3) is 5.49. The van der Waals surface area contributed by atoms with E-state index in [-0.39, 0.29) is 6.09 Å². The van der Waals surface area contributed by atoms with Crippen molar-refractivity contribution in [3.63, 3.8) is 0 Å². The number of aromatic nitrogens is 1. The van der Waals surface area contributed by atoms with E-state index in [1.165, 1.54) is 11.8 Å². The lowest BCUT2D eigenvalue weighted by molar-refractivity contribution is 0.108. The Morgan fingerprint density at radius 3 is 2.27 bits per heavy atom. The van der Waals surface area contributed by atoms with E-state index in [1.54, 1.807) is 41.3 Å². The number of nitrogens with zero attached hydrogens (tertiary/aromatic N) is 3. The largest absolute Gasteiger partial charge is 0.439 e. The van der Waals surface area contributed by atoms with Gasteiger partial charge in [-0.3, -0.25) is 4.90 Å². The first-order valence-corrected chi connectivity index (χ1v) is 10.2. The van der Waals surface area contributed by atoms with Gasteiger partial charge in [-0.2, -0.15) is 0 Å². The van der Waals surface area contributed by atoms with Crippen molar-refractivity contribution in [1.29, 1.82) is 0 Å². The number of pyridine rings is 1. The topological polar surface area (TPSA) is 54.9 Å². The van der Waals surface area contributed by atoms with Crippen LogP contribution in [0.4, 0.5) is 4.79 Å². The fourth-order valence-electron chi connectivity index (χ4n) is 3.21. The number of benzene rings is 2. The molecule has 0 bridgehead atoms. The molecule has 0 radical (unpaired) electrons. The van der Waals surface area contributed by atoms with Crippen molar-refractivity contribution < 1.29 is 14.3 Å². The van der Waals surface area contributed by atoms with Gasteiger partial charge in [-0.1, -0.05) is 41.9 Å². The molecule has 0 N–H and O–H groups in total. The third-order valence-electron chi connectivity index (χ3n) is 4.83. The lowest BCUT2D eigenvalue weighted by Gasteiger charge is -2.34. The van der Waals surface area contributed by atoms with E-state index in [0.717, 1.165) is 19.6 Å². The van der Waals surface area contributed by atoms with Crippen LogP contribution in [0.3, 0.4) is 0 Å². The van der Waals surface area contributed by atoms with E-state index >= 15 is 0 Å². The summed E-state index contributed by atoms with van der Waals surface area (Å²) in [5.74, 6) is 1.51. The summed E-state index contributed by atoms with van der Waals surface area (Å²) in [6, 6.07) is 20.6. The molecule has 2 aromatic carbocycles. The molecular formula is C23H22ClN3O3. The maximum absolute atomic E-state index is 12.5. The molecule has 7 heteroatoms. The minimum Gasteiger partial charge on any atom is -0.439 e. The normalized spacial score (nSPS) is 14.4. The van der Waals surface area contributed by atoms with Gasteiger partial charge < -0.3 is 14.4 Å². The highest BCUT2D eigenvalue weighted by molar-refractivity contribution is 6.30. The van der Waals surface area contributed by atoms with Crippen LogP contribution in [0.15, 0.2) is 72.9 Å². The molecule has 30 heavy (non-hydrogen) atoms. The van der Waals surface area contributed by atoms with E-state index in [2.05, 4.69) is 22.0 Å². The summed E-state index contributed by atoms with van der Waals surface area (Å²) in [5, 5.41) is 0.547. The van der Waals surface area contributed by atoms with E-state index < -0.39 is 0 Å². The van der Waals surface area contributed by atoms with Crippen LogP contribution in [0, 0.1) is 0 Å². The lowest BCUT2D eigenvalue weighted by atomic mass is 10.2. The Labute approximate surface area is 180 Å². The molecule has 1 saturated heterocycles. The Hall–Kier alpha value is -3.09. The molecule has 0 unspecified atom stereocenters. The van der Waals surface area contributed by atoms with Crippen LogP contribution in [-0.2, 0) is 6.54 Å². The molecule has 2 heterocycles. The number of hydrogen-bond donors (Lipinski definition) is 0. The smallest absolute Gasteiger partial charge is 0.415 e. The Morgan fingerprint density at radius 2 is 1.60 bits per heavy atom. The molecule has 6 nitrogen and oxygen atoms in total. The van der Waals surface area contributed by atoms with Crippen LogP contribution in [0.5, 0.6) is 17.4 Å². The first-order valence-electron chi connectivity index (χ1n) is 9.78.